The van der Waals surface area contributed by atoms with Gasteiger partial charge in [0.05, 0.1) is 18.3 Å². The molecule has 0 radical (unpaired) electrons. The molecule has 1 aliphatic rings. The van der Waals surface area contributed by atoms with Gasteiger partial charge in [-0.2, -0.15) is 0 Å². The lowest BCUT2D eigenvalue weighted by molar-refractivity contribution is -0.179. The van der Waals surface area contributed by atoms with Crippen LogP contribution in [0.4, 0.5) is 14.7 Å². The summed E-state index contributed by atoms with van der Waals surface area (Å²) in [6.45, 7) is 18.3. The van der Waals surface area contributed by atoms with E-state index >= 15 is 0 Å². The number of anilines is 1. The fourth-order valence-electron chi connectivity index (χ4n) is 3.85. The molecule has 18 heteroatoms. The molecular weight excluding hydrogens is 662 g/mol. The maximum absolute atomic E-state index is 13.6. The van der Waals surface area contributed by atoms with Crippen molar-refractivity contribution in [3.63, 3.8) is 0 Å². The molecule has 3 rings (SSSR count). The largest absolute Gasteiger partial charge is 0.457 e. The van der Waals surface area contributed by atoms with E-state index in [9.17, 15) is 24.0 Å². The molecule has 4 amide bonds. The van der Waals surface area contributed by atoms with Crippen molar-refractivity contribution < 1.29 is 47.5 Å². The minimum Gasteiger partial charge on any atom is -0.457 e. The number of thiazole rings is 1. The highest BCUT2D eigenvalue weighted by atomic mass is 32.1. The molecule has 0 bridgehead atoms. The summed E-state index contributed by atoms with van der Waals surface area (Å²) >= 11 is 0.986. The number of oxime groups is 1. The Morgan fingerprint density at radius 3 is 2.14 bits per heavy atom. The minimum atomic E-state index is -1.62. The Morgan fingerprint density at radius 1 is 0.939 bits per heavy atom. The van der Waals surface area contributed by atoms with Gasteiger partial charge in [-0.05, 0) is 76.2 Å². The molecule has 3 heterocycles. The molecule has 1 unspecified atom stereocenters. The molecule has 2 aromatic heterocycles. The molecule has 0 aromatic carbocycles. The summed E-state index contributed by atoms with van der Waals surface area (Å²) in [6, 6.07) is 0.0253. The third kappa shape index (κ3) is 12.3. The lowest BCUT2D eigenvalue weighted by Gasteiger charge is -2.36. The molecule has 2 aromatic rings. The first kappa shape index (κ1) is 38.7. The average Bonchev–Trinajstić information content (AvgIpc) is 3.57. The van der Waals surface area contributed by atoms with Gasteiger partial charge in [-0.25, -0.2) is 19.4 Å². The zero-order valence-electron chi connectivity index (χ0n) is 29.6. The van der Waals surface area contributed by atoms with Crippen molar-refractivity contribution in [2.45, 2.75) is 124 Å². The van der Waals surface area contributed by atoms with Crippen LogP contribution in [0.25, 0.3) is 0 Å². The zero-order valence-corrected chi connectivity index (χ0v) is 30.4. The number of β-lactam (4-membered cyclic amide) rings is 1. The van der Waals surface area contributed by atoms with Gasteiger partial charge < -0.3 is 39.5 Å². The fourth-order valence-corrected chi connectivity index (χ4v) is 4.54. The summed E-state index contributed by atoms with van der Waals surface area (Å²) in [7, 11) is 0. The van der Waals surface area contributed by atoms with Crippen LogP contribution in [-0.4, -0.2) is 80.3 Å². The van der Waals surface area contributed by atoms with E-state index in [1.807, 2.05) is 0 Å². The fraction of sp³-hybridized carbons (Fsp3) is 0.613. The molecular formula is C31H45N7O10S. The molecule has 0 spiro atoms. The van der Waals surface area contributed by atoms with Crippen molar-refractivity contribution in [2.75, 3.05) is 5.32 Å². The predicted molar refractivity (Wildman–Crippen MR) is 177 cm³/mol. The van der Waals surface area contributed by atoms with Crippen molar-refractivity contribution in [1.82, 2.24) is 26.1 Å². The van der Waals surface area contributed by atoms with Crippen molar-refractivity contribution in [3.05, 3.63) is 28.6 Å². The van der Waals surface area contributed by atoms with Crippen molar-refractivity contribution in [2.24, 2.45) is 5.16 Å². The molecule has 270 valence electrons. The molecule has 2 atom stereocenters. The number of nitrogens with one attached hydrogen (secondary N) is 4. The highest BCUT2D eigenvalue weighted by molar-refractivity contribution is 7.14. The molecule has 1 saturated heterocycles. The predicted octanol–water partition coefficient (Wildman–Crippen LogP) is 3.57. The van der Waals surface area contributed by atoms with Crippen LogP contribution in [0.1, 0.15) is 93.3 Å². The van der Waals surface area contributed by atoms with Gasteiger partial charge in [0.2, 0.25) is 11.5 Å². The standard InChI is InChI=1S/C31H45N7O10S/c1-28(2,3)44-24(41)31(10,11)48-38-21(19-15-49-25(34-19)36-27(43)46-30(7,8)9)23(40)35-20-18(33-22(20)39)13-16-12-17(47-37-16)14-32-26(42)45-29(4,5)6/h12,15,18,20H,13-14H2,1-11H3,(H,32,42)(H,33,39)(H,35,40)(H,34,36,43)/b38-21-/t18-,20?/m0/s1. The SMILES string of the molecule is CC(C)(C)OC(=O)NCc1cc(C[C@@H]2NC(=O)C2NC(=O)/C(=N\OC(C)(C)C(=O)OC(C)(C)C)c2csc(NC(=O)OC(C)(C)C)n2)no1. The van der Waals surface area contributed by atoms with Crippen LogP contribution in [0.15, 0.2) is 21.1 Å². The zero-order chi connectivity index (χ0) is 36.9. The van der Waals surface area contributed by atoms with Crippen LogP contribution in [0.2, 0.25) is 0 Å². The van der Waals surface area contributed by atoms with Crippen molar-refractivity contribution in [1.29, 1.82) is 0 Å². The van der Waals surface area contributed by atoms with Crippen LogP contribution in [-0.2, 0) is 46.4 Å². The number of esters is 1. The molecule has 0 saturated carbocycles. The molecule has 49 heavy (non-hydrogen) atoms. The number of hydrogen-bond acceptors (Lipinski definition) is 14. The number of rotatable bonds is 11. The molecule has 0 aliphatic carbocycles. The number of alkyl carbamates (subject to hydrolysis) is 1. The summed E-state index contributed by atoms with van der Waals surface area (Å²) in [5.74, 6) is -1.69. The Labute approximate surface area is 288 Å². The molecule has 1 fully saturated rings. The first-order chi connectivity index (χ1) is 22.4. The highest BCUT2D eigenvalue weighted by Gasteiger charge is 2.42. The lowest BCUT2D eigenvalue weighted by atomic mass is 9.94. The van der Waals surface area contributed by atoms with E-state index in [-0.39, 0.29) is 29.5 Å². The normalized spacial score (nSPS) is 16.9. The van der Waals surface area contributed by atoms with Gasteiger partial charge >= 0.3 is 18.2 Å². The lowest BCUT2D eigenvalue weighted by Crippen LogP contribution is -2.70. The first-order valence-electron chi connectivity index (χ1n) is 15.4. The number of nitrogens with zero attached hydrogens (tertiary/aromatic N) is 3. The number of hydrogen-bond donors (Lipinski definition) is 4. The summed E-state index contributed by atoms with van der Waals surface area (Å²) in [5, 5.41) is 19.9. The Hall–Kier alpha value is -4.74. The summed E-state index contributed by atoms with van der Waals surface area (Å²) in [4.78, 5) is 73.0. The Kier molecular flexibility index (Phi) is 11.7. The van der Waals surface area contributed by atoms with Crippen LogP contribution < -0.4 is 21.3 Å². The summed E-state index contributed by atoms with van der Waals surface area (Å²) in [5.41, 5.74) is -3.79. The highest BCUT2D eigenvalue weighted by Crippen LogP contribution is 2.22. The molecule has 1 aliphatic heterocycles. The minimum absolute atomic E-state index is 0.0107. The average molecular weight is 708 g/mol. The Balaban J connectivity index is 1.76. The topological polar surface area (TPSA) is 222 Å². The number of aromatic nitrogens is 2. The second-order valence-electron chi connectivity index (χ2n) is 14.6. The van der Waals surface area contributed by atoms with Crippen LogP contribution in [0.5, 0.6) is 0 Å². The van der Waals surface area contributed by atoms with E-state index in [2.05, 4.69) is 36.6 Å². The van der Waals surface area contributed by atoms with Crippen LogP contribution in [0, 0.1) is 0 Å². The smallest absolute Gasteiger partial charge is 0.413 e. The Morgan fingerprint density at radius 2 is 1.55 bits per heavy atom. The summed E-state index contributed by atoms with van der Waals surface area (Å²) < 4.78 is 21.2. The first-order valence-corrected chi connectivity index (χ1v) is 16.3. The second kappa shape index (κ2) is 14.8. The van der Waals surface area contributed by atoms with Crippen molar-refractivity contribution >= 4 is 52.2 Å². The monoisotopic (exact) mass is 707 g/mol. The number of amides is 4. The van der Waals surface area contributed by atoms with Gasteiger partial charge in [0.1, 0.15) is 28.5 Å². The van der Waals surface area contributed by atoms with E-state index in [4.69, 9.17) is 23.6 Å². The van der Waals surface area contributed by atoms with Gasteiger partial charge in [0.25, 0.3) is 5.91 Å². The molecule has 4 N–H and O–H groups in total. The van der Waals surface area contributed by atoms with E-state index in [1.54, 1.807) is 68.4 Å². The van der Waals surface area contributed by atoms with Gasteiger partial charge in [-0.15, -0.1) is 11.3 Å². The van der Waals surface area contributed by atoms with Crippen LogP contribution >= 0.6 is 11.3 Å². The maximum Gasteiger partial charge on any atom is 0.413 e. The third-order valence-corrected chi connectivity index (χ3v) is 6.72. The van der Waals surface area contributed by atoms with Crippen LogP contribution in [0.3, 0.4) is 0 Å². The van der Waals surface area contributed by atoms with Crippen molar-refractivity contribution in [3.8, 4) is 0 Å². The quantitative estimate of drug-likeness (QED) is 0.0866. The van der Waals surface area contributed by atoms with Gasteiger partial charge in [0.15, 0.2) is 16.6 Å². The van der Waals surface area contributed by atoms with E-state index in [0.29, 0.717) is 11.5 Å². The summed E-state index contributed by atoms with van der Waals surface area (Å²) in [6.07, 6.45) is -1.20. The third-order valence-electron chi connectivity index (χ3n) is 5.97. The van der Waals surface area contributed by atoms with E-state index in [0.717, 1.165) is 11.3 Å². The maximum atomic E-state index is 13.6. The van der Waals surface area contributed by atoms with Gasteiger partial charge in [0, 0.05) is 17.9 Å². The van der Waals surface area contributed by atoms with Gasteiger partial charge in [-0.3, -0.25) is 14.9 Å². The second-order valence-corrected chi connectivity index (χ2v) is 15.5. The van der Waals surface area contributed by atoms with E-state index < -0.39 is 64.5 Å². The number of carbonyl (C=O) groups excluding carboxylic acids is 5. The van der Waals surface area contributed by atoms with E-state index in [1.165, 1.54) is 19.2 Å². The number of carbonyl (C=O) groups is 5. The van der Waals surface area contributed by atoms with Gasteiger partial charge in [-0.1, -0.05) is 10.3 Å². The Bertz CT molecular complexity index is 1580. The molecule has 17 nitrogen and oxygen atoms in total. The number of ether oxygens (including phenoxy) is 3.